The molecule has 2 aromatic carbocycles. The predicted molar refractivity (Wildman–Crippen MR) is 124 cm³/mol. The summed E-state index contributed by atoms with van der Waals surface area (Å²) in [5.74, 6) is 0.127. The van der Waals surface area contributed by atoms with Crippen LogP contribution in [-0.2, 0) is 23.9 Å². The van der Waals surface area contributed by atoms with Crippen molar-refractivity contribution < 1.29 is 32.5 Å². The van der Waals surface area contributed by atoms with E-state index in [1.165, 1.54) is 6.07 Å². The molecule has 2 aliphatic heterocycles. The van der Waals surface area contributed by atoms with Crippen LogP contribution in [0, 0.1) is 0 Å². The van der Waals surface area contributed by atoms with Gasteiger partial charge in [0.05, 0.1) is 18.6 Å². The third-order valence-electron chi connectivity index (χ3n) is 7.42. The number of halogens is 3. The molecule has 0 saturated carbocycles. The Labute approximate surface area is 202 Å². The molecule has 1 unspecified atom stereocenters. The normalized spacial score (nSPS) is 22.3. The lowest BCUT2D eigenvalue weighted by molar-refractivity contribution is -0.139. The van der Waals surface area contributed by atoms with Gasteiger partial charge in [-0.2, -0.15) is 13.2 Å². The van der Waals surface area contributed by atoms with Gasteiger partial charge in [0.2, 0.25) is 0 Å². The second kappa shape index (κ2) is 9.72. The zero-order valence-electron chi connectivity index (χ0n) is 19.6. The first-order valence-electron chi connectivity index (χ1n) is 12.4. The number of carboxylic acids is 1. The fourth-order valence-electron chi connectivity index (χ4n) is 5.70. The average Bonchev–Trinajstić information content (AvgIpc) is 3.28. The lowest BCUT2D eigenvalue weighted by atomic mass is 9.96. The number of likely N-dealkylation sites (tertiary alicyclic amines) is 1. The molecule has 5 nitrogen and oxygen atoms in total. The molecule has 0 aromatic heterocycles. The molecule has 1 fully saturated rings. The monoisotopic (exact) mass is 489 g/mol. The predicted octanol–water partition coefficient (Wildman–Crippen LogP) is 6.10. The van der Waals surface area contributed by atoms with Crippen molar-refractivity contribution in [1.82, 2.24) is 4.90 Å². The molecule has 0 spiro atoms. The minimum atomic E-state index is -4.39. The third-order valence-corrected chi connectivity index (χ3v) is 7.42. The first kappa shape index (κ1) is 24.0. The molecule has 35 heavy (non-hydrogen) atoms. The van der Waals surface area contributed by atoms with Crippen molar-refractivity contribution >= 4 is 5.97 Å². The highest BCUT2D eigenvalue weighted by atomic mass is 19.4. The lowest BCUT2D eigenvalue weighted by Gasteiger charge is -2.25. The van der Waals surface area contributed by atoms with Gasteiger partial charge in [0.1, 0.15) is 17.6 Å². The van der Waals surface area contributed by atoms with Crippen LogP contribution in [0.2, 0.25) is 0 Å². The van der Waals surface area contributed by atoms with Crippen LogP contribution in [0.15, 0.2) is 30.3 Å². The van der Waals surface area contributed by atoms with Crippen molar-refractivity contribution in [3.8, 4) is 11.5 Å². The van der Waals surface area contributed by atoms with Gasteiger partial charge < -0.3 is 14.6 Å². The number of carbonyl (C=O) groups is 1. The summed E-state index contributed by atoms with van der Waals surface area (Å²) in [5, 5.41) is 9.09. The minimum Gasteiger partial charge on any atom is -0.492 e. The van der Waals surface area contributed by atoms with E-state index >= 15 is 0 Å². The maximum absolute atomic E-state index is 13.9. The van der Waals surface area contributed by atoms with Gasteiger partial charge in [0.25, 0.3) is 0 Å². The Morgan fingerprint density at radius 2 is 1.83 bits per heavy atom. The van der Waals surface area contributed by atoms with Crippen molar-refractivity contribution in [2.24, 2.45) is 0 Å². The van der Waals surface area contributed by atoms with E-state index in [0.717, 1.165) is 55.5 Å². The smallest absolute Gasteiger partial charge is 0.416 e. The summed E-state index contributed by atoms with van der Waals surface area (Å²) in [7, 11) is 0. The van der Waals surface area contributed by atoms with Gasteiger partial charge in [0, 0.05) is 24.1 Å². The van der Waals surface area contributed by atoms with Crippen molar-refractivity contribution in [2.45, 2.75) is 69.7 Å². The Morgan fingerprint density at radius 1 is 1.09 bits per heavy atom. The van der Waals surface area contributed by atoms with E-state index in [0.29, 0.717) is 43.1 Å². The van der Waals surface area contributed by atoms with Crippen molar-refractivity contribution in [3.63, 3.8) is 0 Å². The summed E-state index contributed by atoms with van der Waals surface area (Å²) < 4.78 is 53.7. The lowest BCUT2D eigenvalue weighted by Crippen LogP contribution is -2.26. The van der Waals surface area contributed by atoms with Gasteiger partial charge in [-0.05, 0) is 67.6 Å². The molecule has 5 rings (SSSR count). The molecule has 2 heterocycles. The minimum absolute atomic E-state index is 0.00450. The van der Waals surface area contributed by atoms with Crippen molar-refractivity contribution in [1.29, 1.82) is 0 Å². The van der Waals surface area contributed by atoms with E-state index in [4.69, 9.17) is 14.6 Å². The van der Waals surface area contributed by atoms with E-state index in [-0.39, 0.29) is 18.4 Å². The number of carboxylic acid groups (broad SMARTS) is 1. The van der Waals surface area contributed by atoms with Crippen LogP contribution in [0.4, 0.5) is 13.2 Å². The number of benzene rings is 2. The summed E-state index contributed by atoms with van der Waals surface area (Å²) in [4.78, 5) is 13.2. The molecule has 2 atom stereocenters. The van der Waals surface area contributed by atoms with Gasteiger partial charge in [0.15, 0.2) is 0 Å². The molecule has 2 aromatic rings. The van der Waals surface area contributed by atoms with Crippen LogP contribution >= 0.6 is 0 Å². The molecule has 1 aliphatic carbocycles. The summed E-state index contributed by atoms with van der Waals surface area (Å²) in [6, 6.07) is 8.18. The van der Waals surface area contributed by atoms with Crippen LogP contribution < -0.4 is 9.47 Å². The van der Waals surface area contributed by atoms with E-state index in [9.17, 15) is 18.0 Å². The topological polar surface area (TPSA) is 59.0 Å². The molecule has 0 bridgehead atoms. The van der Waals surface area contributed by atoms with Gasteiger partial charge in [-0.25, -0.2) is 0 Å². The molecule has 8 heteroatoms. The maximum atomic E-state index is 13.9. The van der Waals surface area contributed by atoms with E-state index in [2.05, 4.69) is 4.90 Å². The third kappa shape index (κ3) is 5.13. The Hall–Kier alpha value is -2.74. The van der Waals surface area contributed by atoms with Gasteiger partial charge >= 0.3 is 12.1 Å². The van der Waals surface area contributed by atoms with Gasteiger partial charge in [-0.1, -0.05) is 25.0 Å². The highest BCUT2D eigenvalue weighted by Gasteiger charge is 2.38. The molecule has 1 saturated heterocycles. The Kier molecular flexibility index (Phi) is 6.66. The molecule has 3 aliphatic rings. The molecular formula is C27H30F3NO4. The number of rotatable bonds is 6. The standard InChI is InChI=1S/C27H30F3NO4/c28-27(29,30)23-9-7-21-20(22(23)15-31-11-3-1-2-4-12-31)8-10-24(21)35-18-5-6-19-17(13-26(32)33)16-34-25(19)14-18/h5-7,9,14,17,24H,1-4,8,10-13,15-16H2,(H,32,33)/t17?,24-/m1/s1. The zero-order valence-corrected chi connectivity index (χ0v) is 19.6. The number of alkyl halides is 3. The molecule has 0 amide bonds. The number of hydrogen-bond acceptors (Lipinski definition) is 4. The largest absolute Gasteiger partial charge is 0.492 e. The number of fused-ring (bicyclic) bond motifs is 2. The summed E-state index contributed by atoms with van der Waals surface area (Å²) >= 11 is 0. The van der Waals surface area contributed by atoms with Crippen molar-refractivity contribution in [2.75, 3.05) is 19.7 Å². The zero-order chi connectivity index (χ0) is 24.6. The van der Waals surface area contributed by atoms with Crippen LogP contribution in [-0.4, -0.2) is 35.7 Å². The highest BCUT2D eigenvalue weighted by molar-refractivity contribution is 5.68. The van der Waals surface area contributed by atoms with Crippen molar-refractivity contribution in [3.05, 3.63) is 58.1 Å². The first-order valence-corrected chi connectivity index (χ1v) is 12.4. The van der Waals surface area contributed by atoms with Gasteiger partial charge in [-0.3, -0.25) is 9.69 Å². The molecule has 0 radical (unpaired) electrons. The SMILES string of the molecule is O=C(O)CC1COc2cc(O[C@@H]3CCc4c3ccc(C(F)(F)F)c4CN3CCCCCC3)ccc21. The highest BCUT2D eigenvalue weighted by Crippen LogP contribution is 2.44. The number of nitrogens with zero attached hydrogens (tertiary/aromatic N) is 1. The fourth-order valence-corrected chi connectivity index (χ4v) is 5.70. The van der Waals surface area contributed by atoms with Crippen LogP contribution in [0.25, 0.3) is 0 Å². The quantitative estimate of drug-likeness (QED) is 0.532. The van der Waals surface area contributed by atoms with E-state index < -0.39 is 17.7 Å². The Bertz CT molecular complexity index is 1090. The summed E-state index contributed by atoms with van der Waals surface area (Å²) in [6.45, 7) is 2.30. The summed E-state index contributed by atoms with van der Waals surface area (Å²) in [5.41, 5.74) is 2.32. The molecule has 188 valence electrons. The Balaban J connectivity index is 1.39. The summed E-state index contributed by atoms with van der Waals surface area (Å²) in [6.07, 6.45) is 0.762. The molecular weight excluding hydrogens is 459 g/mol. The van der Waals surface area contributed by atoms with Crippen LogP contribution in [0.1, 0.15) is 78.4 Å². The number of aliphatic carboxylic acids is 1. The average molecular weight is 490 g/mol. The van der Waals surface area contributed by atoms with Crippen LogP contribution in [0.3, 0.4) is 0 Å². The van der Waals surface area contributed by atoms with Gasteiger partial charge in [-0.15, -0.1) is 0 Å². The van der Waals surface area contributed by atoms with Crippen LogP contribution in [0.5, 0.6) is 11.5 Å². The van der Waals surface area contributed by atoms with E-state index in [1.807, 2.05) is 6.07 Å². The Morgan fingerprint density at radius 3 is 2.54 bits per heavy atom. The number of ether oxygens (including phenoxy) is 2. The number of hydrogen-bond donors (Lipinski definition) is 1. The molecule has 1 N–H and O–H groups in total. The maximum Gasteiger partial charge on any atom is 0.416 e. The first-order chi connectivity index (χ1) is 16.8. The second-order valence-corrected chi connectivity index (χ2v) is 9.80. The van der Waals surface area contributed by atoms with E-state index in [1.54, 1.807) is 18.2 Å². The second-order valence-electron chi connectivity index (χ2n) is 9.80. The fraction of sp³-hybridized carbons (Fsp3) is 0.519.